The molecule has 0 radical (unpaired) electrons. The minimum Gasteiger partial charge on any atom is -0.481 e. The summed E-state index contributed by atoms with van der Waals surface area (Å²) < 4.78 is 0.952. The first-order chi connectivity index (χ1) is 8.99. The molecule has 104 valence electrons. The highest BCUT2D eigenvalue weighted by Gasteiger charge is 2.10. The number of rotatable bonds is 7. The van der Waals surface area contributed by atoms with E-state index in [1.54, 1.807) is 6.92 Å². The monoisotopic (exact) mass is 327 g/mol. The number of halogens is 1. The van der Waals surface area contributed by atoms with Gasteiger partial charge in [-0.05, 0) is 30.5 Å². The van der Waals surface area contributed by atoms with Gasteiger partial charge in [0.2, 0.25) is 5.91 Å². The Labute approximate surface area is 121 Å². The highest BCUT2D eigenvalue weighted by molar-refractivity contribution is 9.10. The average molecular weight is 328 g/mol. The van der Waals surface area contributed by atoms with Crippen molar-refractivity contribution in [2.75, 3.05) is 6.54 Å². The maximum Gasteiger partial charge on any atom is 0.306 e. The van der Waals surface area contributed by atoms with Crippen LogP contribution in [0.2, 0.25) is 0 Å². The van der Waals surface area contributed by atoms with Crippen LogP contribution in [0, 0.1) is 5.92 Å². The summed E-state index contributed by atoms with van der Waals surface area (Å²) in [5.41, 5.74) is 0.950. The normalized spacial score (nSPS) is 11.9. The van der Waals surface area contributed by atoms with E-state index in [1.807, 2.05) is 24.3 Å². The second-order valence-corrected chi connectivity index (χ2v) is 5.45. The van der Waals surface area contributed by atoms with E-state index in [0.717, 1.165) is 10.0 Å². The summed E-state index contributed by atoms with van der Waals surface area (Å²) in [5, 5.41) is 11.5. The van der Waals surface area contributed by atoms with Crippen LogP contribution in [0.25, 0.3) is 0 Å². The van der Waals surface area contributed by atoms with Crippen molar-refractivity contribution < 1.29 is 14.7 Å². The Kier molecular flexibility index (Phi) is 6.56. The van der Waals surface area contributed by atoms with Gasteiger partial charge in [-0.1, -0.05) is 35.0 Å². The molecule has 1 aromatic rings. The summed E-state index contributed by atoms with van der Waals surface area (Å²) in [6.07, 6.45) is 1.60. The van der Waals surface area contributed by atoms with Gasteiger partial charge >= 0.3 is 5.97 Å². The smallest absolute Gasteiger partial charge is 0.306 e. The first-order valence-electron chi connectivity index (χ1n) is 6.23. The fourth-order valence-electron chi connectivity index (χ4n) is 1.65. The van der Waals surface area contributed by atoms with Crippen LogP contribution < -0.4 is 5.32 Å². The lowest BCUT2D eigenvalue weighted by atomic mass is 10.1. The topological polar surface area (TPSA) is 66.4 Å². The minimum absolute atomic E-state index is 0.0407. The van der Waals surface area contributed by atoms with Crippen LogP contribution in [0.5, 0.6) is 0 Å². The quantitative estimate of drug-likeness (QED) is 0.756. The van der Waals surface area contributed by atoms with Gasteiger partial charge in [0.25, 0.3) is 0 Å². The molecule has 19 heavy (non-hydrogen) atoms. The van der Waals surface area contributed by atoms with Crippen molar-refractivity contribution in [1.29, 1.82) is 0 Å². The summed E-state index contributed by atoms with van der Waals surface area (Å²) >= 11 is 3.36. The second kappa shape index (κ2) is 7.94. The fourth-order valence-corrected chi connectivity index (χ4v) is 2.10. The molecule has 1 aromatic carbocycles. The SMILES string of the molecule is CC(CCCNC(=O)Cc1cccc(Br)c1)C(=O)O. The number of carboxylic acid groups (broad SMARTS) is 1. The molecular weight excluding hydrogens is 310 g/mol. The predicted octanol–water partition coefficient (Wildman–Crippen LogP) is 2.61. The molecule has 0 fully saturated rings. The zero-order chi connectivity index (χ0) is 14.3. The molecule has 2 N–H and O–H groups in total. The highest BCUT2D eigenvalue weighted by atomic mass is 79.9. The third-order valence-corrected chi connectivity index (χ3v) is 3.30. The van der Waals surface area contributed by atoms with E-state index in [0.29, 0.717) is 25.8 Å². The molecule has 5 heteroatoms. The molecule has 0 saturated heterocycles. The van der Waals surface area contributed by atoms with Crippen LogP contribution in [-0.4, -0.2) is 23.5 Å². The molecule has 0 heterocycles. The summed E-state index contributed by atoms with van der Waals surface area (Å²) in [5.74, 6) is -1.19. The number of hydrogen-bond donors (Lipinski definition) is 2. The van der Waals surface area contributed by atoms with Crippen LogP contribution in [-0.2, 0) is 16.0 Å². The van der Waals surface area contributed by atoms with Crippen LogP contribution in [0.1, 0.15) is 25.3 Å². The van der Waals surface area contributed by atoms with Gasteiger partial charge in [-0.15, -0.1) is 0 Å². The Morgan fingerprint density at radius 3 is 2.79 bits per heavy atom. The summed E-state index contributed by atoms with van der Waals surface area (Å²) in [4.78, 5) is 22.3. The summed E-state index contributed by atoms with van der Waals surface area (Å²) in [6.45, 7) is 2.19. The van der Waals surface area contributed by atoms with Crippen molar-refractivity contribution in [2.45, 2.75) is 26.2 Å². The molecule has 0 aliphatic carbocycles. The molecular formula is C14H18BrNO3. The maximum absolute atomic E-state index is 11.7. The lowest BCUT2D eigenvalue weighted by Gasteiger charge is -2.07. The van der Waals surface area contributed by atoms with E-state index in [1.165, 1.54) is 0 Å². The van der Waals surface area contributed by atoms with Crippen LogP contribution in [0.3, 0.4) is 0 Å². The van der Waals surface area contributed by atoms with Gasteiger partial charge in [0, 0.05) is 11.0 Å². The van der Waals surface area contributed by atoms with Gasteiger partial charge in [0.15, 0.2) is 0 Å². The lowest BCUT2D eigenvalue weighted by Crippen LogP contribution is -2.26. The molecule has 0 saturated carbocycles. The van der Waals surface area contributed by atoms with E-state index in [4.69, 9.17) is 5.11 Å². The molecule has 1 atom stereocenters. The first kappa shape index (κ1) is 15.7. The van der Waals surface area contributed by atoms with Crippen LogP contribution in [0.4, 0.5) is 0 Å². The third-order valence-electron chi connectivity index (χ3n) is 2.81. The lowest BCUT2D eigenvalue weighted by molar-refractivity contribution is -0.141. The van der Waals surface area contributed by atoms with Gasteiger partial charge < -0.3 is 10.4 Å². The zero-order valence-electron chi connectivity index (χ0n) is 10.9. The maximum atomic E-state index is 11.7. The number of benzene rings is 1. The van der Waals surface area contributed by atoms with Crippen LogP contribution >= 0.6 is 15.9 Å². The van der Waals surface area contributed by atoms with Crippen molar-refractivity contribution in [1.82, 2.24) is 5.32 Å². The Balaban J connectivity index is 2.23. The molecule has 0 aromatic heterocycles. The van der Waals surface area contributed by atoms with E-state index in [-0.39, 0.29) is 11.8 Å². The Hall–Kier alpha value is -1.36. The van der Waals surface area contributed by atoms with Gasteiger partial charge in [-0.3, -0.25) is 9.59 Å². The predicted molar refractivity (Wildman–Crippen MR) is 76.9 cm³/mol. The highest BCUT2D eigenvalue weighted by Crippen LogP contribution is 2.12. The van der Waals surface area contributed by atoms with E-state index in [9.17, 15) is 9.59 Å². The van der Waals surface area contributed by atoms with Crippen molar-refractivity contribution in [3.63, 3.8) is 0 Å². The second-order valence-electron chi connectivity index (χ2n) is 4.54. The van der Waals surface area contributed by atoms with Crippen molar-refractivity contribution in [3.8, 4) is 0 Å². The minimum atomic E-state index is -0.791. The first-order valence-corrected chi connectivity index (χ1v) is 7.02. The number of carbonyl (C=O) groups is 2. The summed E-state index contributed by atoms with van der Waals surface area (Å²) in [6, 6.07) is 7.61. The molecule has 0 spiro atoms. The molecule has 0 aliphatic heterocycles. The molecule has 1 rings (SSSR count). The van der Waals surface area contributed by atoms with E-state index in [2.05, 4.69) is 21.2 Å². The molecule has 1 amide bonds. The van der Waals surface area contributed by atoms with E-state index < -0.39 is 5.97 Å². The molecule has 0 bridgehead atoms. The zero-order valence-corrected chi connectivity index (χ0v) is 12.4. The molecule has 4 nitrogen and oxygen atoms in total. The van der Waals surface area contributed by atoms with Crippen molar-refractivity contribution >= 4 is 27.8 Å². The number of hydrogen-bond acceptors (Lipinski definition) is 2. The Bertz CT molecular complexity index is 448. The van der Waals surface area contributed by atoms with Crippen molar-refractivity contribution in [2.24, 2.45) is 5.92 Å². The summed E-state index contributed by atoms with van der Waals surface area (Å²) in [7, 11) is 0. The fraction of sp³-hybridized carbons (Fsp3) is 0.429. The van der Waals surface area contributed by atoms with Gasteiger partial charge in [-0.25, -0.2) is 0 Å². The number of nitrogens with one attached hydrogen (secondary N) is 1. The largest absolute Gasteiger partial charge is 0.481 e. The molecule has 1 unspecified atom stereocenters. The standard InChI is InChI=1S/C14H18BrNO3/c1-10(14(18)19)4-3-7-16-13(17)9-11-5-2-6-12(15)8-11/h2,5-6,8,10H,3-4,7,9H2,1H3,(H,16,17)(H,18,19). The number of carboxylic acids is 1. The van der Waals surface area contributed by atoms with Gasteiger partial charge in [0.1, 0.15) is 0 Å². The van der Waals surface area contributed by atoms with Gasteiger partial charge in [-0.2, -0.15) is 0 Å². The Morgan fingerprint density at radius 2 is 2.16 bits per heavy atom. The van der Waals surface area contributed by atoms with Crippen molar-refractivity contribution in [3.05, 3.63) is 34.3 Å². The third kappa shape index (κ3) is 6.38. The van der Waals surface area contributed by atoms with Crippen LogP contribution in [0.15, 0.2) is 28.7 Å². The average Bonchev–Trinajstić information content (AvgIpc) is 2.34. The molecule has 0 aliphatic rings. The number of carbonyl (C=O) groups excluding carboxylic acids is 1. The number of aliphatic carboxylic acids is 1. The number of amides is 1. The van der Waals surface area contributed by atoms with E-state index >= 15 is 0 Å². The Morgan fingerprint density at radius 1 is 1.42 bits per heavy atom. The van der Waals surface area contributed by atoms with Gasteiger partial charge in [0.05, 0.1) is 12.3 Å².